The van der Waals surface area contributed by atoms with Crippen molar-refractivity contribution in [3.63, 3.8) is 0 Å². The lowest BCUT2D eigenvalue weighted by molar-refractivity contribution is -0.184. The Morgan fingerprint density at radius 2 is 2.11 bits per heavy atom. The van der Waals surface area contributed by atoms with Crippen LogP contribution in [-0.4, -0.2) is 24.1 Å². The SMILES string of the molecule is COC(=O)C1=CN(Cc2ccccc2)OC(=O)C1. The quantitative estimate of drug-likeness (QED) is 0.756. The van der Waals surface area contributed by atoms with E-state index in [1.54, 1.807) is 0 Å². The molecule has 0 bridgehead atoms. The molecular weight excluding hydrogens is 234 g/mol. The van der Waals surface area contributed by atoms with Crippen molar-refractivity contribution in [1.29, 1.82) is 0 Å². The average molecular weight is 247 g/mol. The molecule has 18 heavy (non-hydrogen) atoms. The third-order valence-electron chi connectivity index (χ3n) is 2.48. The molecule has 1 aliphatic heterocycles. The monoisotopic (exact) mass is 247 g/mol. The summed E-state index contributed by atoms with van der Waals surface area (Å²) in [5.74, 6) is -0.974. The first kappa shape index (κ1) is 12.2. The highest BCUT2D eigenvalue weighted by molar-refractivity contribution is 5.94. The van der Waals surface area contributed by atoms with Crippen LogP contribution in [0.1, 0.15) is 12.0 Å². The van der Waals surface area contributed by atoms with Gasteiger partial charge in [-0.05, 0) is 5.56 Å². The highest BCUT2D eigenvalue weighted by Gasteiger charge is 2.24. The zero-order valence-corrected chi connectivity index (χ0v) is 9.96. The molecule has 0 saturated heterocycles. The molecular formula is C13H13NO4. The Hall–Kier alpha value is -2.30. The highest BCUT2D eigenvalue weighted by Crippen LogP contribution is 2.17. The summed E-state index contributed by atoms with van der Waals surface area (Å²) in [5.41, 5.74) is 1.28. The van der Waals surface area contributed by atoms with Gasteiger partial charge in [0, 0.05) is 0 Å². The summed E-state index contributed by atoms with van der Waals surface area (Å²) < 4.78 is 4.59. The molecule has 0 spiro atoms. The van der Waals surface area contributed by atoms with Gasteiger partial charge in [-0.3, -0.25) is 0 Å². The van der Waals surface area contributed by atoms with E-state index in [0.717, 1.165) is 5.56 Å². The van der Waals surface area contributed by atoms with Crippen molar-refractivity contribution in [2.45, 2.75) is 13.0 Å². The van der Waals surface area contributed by atoms with E-state index in [2.05, 4.69) is 4.74 Å². The van der Waals surface area contributed by atoms with Crippen LogP contribution in [0.15, 0.2) is 42.1 Å². The summed E-state index contributed by atoms with van der Waals surface area (Å²) in [4.78, 5) is 27.8. The molecule has 0 unspecified atom stereocenters. The minimum absolute atomic E-state index is 0.0576. The number of hydrogen-bond donors (Lipinski definition) is 0. The number of nitrogens with zero attached hydrogens (tertiary/aromatic N) is 1. The molecule has 0 saturated carbocycles. The van der Waals surface area contributed by atoms with E-state index >= 15 is 0 Å². The van der Waals surface area contributed by atoms with Crippen LogP contribution in [0, 0.1) is 0 Å². The predicted octanol–water partition coefficient (Wildman–Crippen LogP) is 1.41. The smallest absolute Gasteiger partial charge is 0.337 e. The molecule has 0 aromatic heterocycles. The van der Waals surface area contributed by atoms with Crippen LogP contribution >= 0.6 is 0 Å². The molecule has 5 heteroatoms. The van der Waals surface area contributed by atoms with Crippen LogP contribution in [0.2, 0.25) is 0 Å². The second kappa shape index (κ2) is 5.35. The summed E-state index contributed by atoms with van der Waals surface area (Å²) >= 11 is 0. The van der Waals surface area contributed by atoms with Crippen LogP contribution in [0.4, 0.5) is 0 Å². The van der Waals surface area contributed by atoms with E-state index in [4.69, 9.17) is 4.84 Å². The van der Waals surface area contributed by atoms with Crippen molar-refractivity contribution >= 4 is 11.9 Å². The molecule has 0 radical (unpaired) electrons. The highest BCUT2D eigenvalue weighted by atomic mass is 16.7. The molecule has 0 fully saturated rings. The number of benzene rings is 1. The zero-order valence-electron chi connectivity index (χ0n) is 9.96. The van der Waals surface area contributed by atoms with Crippen LogP contribution in [0.25, 0.3) is 0 Å². The Morgan fingerprint density at radius 1 is 1.39 bits per heavy atom. The fourth-order valence-electron chi connectivity index (χ4n) is 1.66. The van der Waals surface area contributed by atoms with E-state index in [-0.39, 0.29) is 6.42 Å². The van der Waals surface area contributed by atoms with E-state index in [1.165, 1.54) is 18.4 Å². The van der Waals surface area contributed by atoms with Crippen molar-refractivity contribution < 1.29 is 19.2 Å². The Bertz CT molecular complexity index is 481. The normalized spacial score (nSPS) is 14.8. The standard InChI is InChI=1S/C13H13NO4/c1-17-13(16)11-7-12(15)18-14(9-11)8-10-5-3-2-4-6-10/h2-6,9H,7-8H2,1H3. The van der Waals surface area contributed by atoms with E-state index in [1.807, 2.05) is 30.3 Å². The summed E-state index contributed by atoms with van der Waals surface area (Å²) in [5, 5.41) is 1.34. The zero-order chi connectivity index (χ0) is 13.0. The van der Waals surface area contributed by atoms with Crippen molar-refractivity contribution in [2.24, 2.45) is 0 Å². The summed E-state index contributed by atoms with van der Waals surface area (Å²) in [7, 11) is 1.28. The van der Waals surface area contributed by atoms with Gasteiger partial charge in [0.2, 0.25) is 0 Å². The Balaban J connectivity index is 2.13. The van der Waals surface area contributed by atoms with Gasteiger partial charge in [0.15, 0.2) is 0 Å². The molecule has 94 valence electrons. The summed E-state index contributed by atoms with van der Waals surface area (Å²) in [6, 6.07) is 9.52. The number of hydrogen-bond acceptors (Lipinski definition) is 5. The van der Waals surface area contributed by atoms with Crippen molar-refractivity contribution in [3.8, 4) is 0 Å². The molecule has 0 N–H and O–H groups in total. The molecule has 1 aliphatic rings. The lowest BCUT2D eigenvalue weighted by Crippen LogP contribution is -2.29. The van der Waals surface area contributed by atoms with Gasteiger partial charge in [-0.2, -0.15) is 0 Å². The molecule has 1 aromatic rings. The number of rotatable bonds is 3. The fraction of sp³-hybridized carbons (Fsp3) is 0.231. The fourth-order valence-corrected chi connectivity index (χ4v) is 1.66. The minimum atomic E-state index is -0.510. The molecule has 1 aromatic carbocycles. The first-order valence-electron chi connectivity index (χ1n) is 5.49. The van der Waals surface area contributed by atoms with Gasteiger partial charge >= 0.3 is 11.9 Å². The molecule has 0 amide bonds. The lowest BCUT2D eigenvalue weighted by atomic mass is 10.2. The summed E-state index contributed by atoms with van der Waals surface area (Å²) in [6.07, 6.45) is 1.44. The summed E-state index contributed by atoms with van der Waals surface area (Å²) in [6.45, 7) is 0.396. The molecule has 0 aliphatic carbocycles. The van der Waals surface area contributed by atoms with Crippen LogP contribution in [0.3, 0.4) is 0 Å². The van der Waals surface area contributed by atoms with E-state index in [9.17, 15) is 9.59 Å². The first-order valence-corrected chi connectivity index (χ1v) is 5.49. The lowest BCUT2D eigenvalue weighted by Gasteiger charge is -2.24. The number of carbonyl (C=O) groups is 2. The topological polar surface area (TPSA) is 55.8 Å². The van der Waals surface area contributed by atoms with Crippen molar-refractivity contribution in [2.75, 3.05) is 7.11 Å². The van der Waals surface area contributed by atoms with Gasteiger partial charge in [0.25, 0.3) is 0 Å². The molecule has 0 atom stereocenters. The number of esters is 1. The van der Waals surface area contributed by atoms with Crippen LogP contribution < -0.4 is 0 Å². The van der Waals surface area contributed by atoms with Crippen LogP contribution in [-0.2, 0) is 25.7 Å². The molecule has 5 nitrogen and oxygen atoms in total. The maximum Gasteiger partial charge on any atom is 0.337 e. The van der Waals surface area contributed by atoms with Gasteiger partial charge < -0.3 is 9.57 Å². The number of methoxy groups -OCH3 is 1. The van der Waals surface area contributed by atoms with Gasteiger partial charge in [0.05, 0.1) is 31.8 Å². The molecule has 2 rings (SSSR count). The van der Waals surface area contributed by atoms with E-state index in [0.29, 0.717) is 12.1 Å². The van der Waals surface area contributed by atoms with Gasteiger partial charge in [-0.25, -0.2) is 14.7 Å². The maximum atomic E-state index is 11.4. The maximum absolute atomic E-state index is 11.4. The van der Waals surface area contributed by atoms with E-state index < -0.39 is 11.9 Å². The van der Waals surface area contributed by atoms with Crippen LogP contribution in [0.5, 0.6) is 0 Å². The second-order valence-corrected chi connectivity index (χ2v) is 3.85. The van der Waals surface area contributed by atoms with Gasteiger partial charge in [-0.1, -0.05) is 30.3 Å². The molecule has 1 heterocycles. The minimum Gasteiger partial charge on any atom is -0.466 e. The Labute approximate surface area is 105 Å². The largest absolute Gasteiger partial charge is 0.466 e. The number of hydroxylamine groups is 2. The third kappa shape index (κ3) is 2.88. The van der Waals surface area contributed by atoms with Gasteiger partial charge in [-0.15, -0.1) is 0 Å². The third-order valence-corrected chi connectivity index (χ3v) is 2.48. The Kier molecular flexibility index (Phi) is 3.62. The predicted molar refractivity (Wildman–Crippen MR) is 62.8 cm³/mol. The first-order chi connectivity index (χ1) is 8.69. The van der Waals surface area contributed by atoms with Crippen molar-refractivity contribution in [1.82, 2.24) is 5.06 Å². The second-order valence-electron chi connectivity index (χ2n) is 3.85. The average Bonchev–Trinajstić information content (AvgIpc) is 2.38. The Morgan fingerprint density at radius 3 is 2.78 bits per heavy atom. The van der Waals surface area contributed by atoms with Gasteiger partial charge in [0.1, 0.15) is 0 Å². The van der Waals surface area contributed by atoms with Crippen molar-refractivity contribution in [3.05, 3.63) is 47.7 Å². The number of ether oxygens (including phenoxy) is 1. The number of carbonyl (C=O) groups excluding carboxylic acids is 2.